The summed E-state index contributed by atoms with van der Waals surface area (Å²) in [6, 6.07) is 0. The Kier molecular flexibility index (Phi) is 6.58. The van der Waals surface area contributed by atoms with E-state index in [-0.39, 0.29) is 0 Å². The maximum absolute atomic E-state index is 9.39. The van der Waals surface area contributed by atoms with Crippen molar-refractivity contribution in [3.8, 4) is 0 Å². The Balaban J connectivity index is 3.71. The molecule has 2 nitrogen and oxygen atoms in total. The third-order valence-corrected chi connectivity index (χ3v) is 4.53. The standard InChI is InChI=1S/C6H13O2PS2/c1-3-5-8-9(7,10)11-6-4-2/h4,6H,3,5H2,1-2H3,(H,7,10). The highest BCUT2D eigenvalue weighted by atomic mass is 32.9. The van der Waals surface area contributed by atoms with Crippen molar-refractivity contribution in [1.29, 1.82) is 0 Å². The molecule has 0 aliphatic carbocycles. The fraction of sp³-hybridized carbons (Fsp3) is 0.667. The van der Waals surface area contributed by atoms with Crippen LogP contribution >= 0.6 is 17.1 Å². The SMILES string of the molecule is CC=CSP(O)(=S)OCCC. The number of hydrogen-bond acceptors (Lipinski definition) is 3. The molecule has 0 saturated carbocycles. The molecule has 1 N–H and O–H groups in total. The van der Waals surface area contributed by atoms with Crippen molar-refractivity contribution < 1.29 is 9.42 Å². The summed E-state index contributed by atoms with van der Waals surface area (Å²) < 4.78 is 5.07. The molecule has 0 fully saturated rings. The third-order valence-electron chi connectivity index (χ3n) is 0.789. The molecule has 0 aliphatic rings. The van der Waals surface area contributed by atoms with Crippen molar-refractivity contribution in [2.45, 2.75) is 20.3 Å². The Bertz CT molecular complexity index is 170. The van der Waals surface area contributed by atoms with Gasteiger partial charge in [-0.1, -0.05) is 13.0 Å². The van der Waals surface area contributed by atoms with Crippen LogP contribution in [-0.4, -0.2) is 11.5 Å². The number of hydrogen-bond donors (Lipinski definition) is 1. The molecule has 5 heteroatoms. The monoisotopic (exact) mass is 212 g/mol. The topological polar surface area (TPSA) is 29.5 Å². The summed E-state index contributed by atoms with van der Waals surface area (Å²) in [5, 5.41) is 1.76. The fourth-order valence-electron chi connectivity index (χ4n) is 0.375. The van der Waals surface area contributed by atoms with Crippen molar-refractivity contribution in [2.75, 3.05) is 6.61 Å². The lowest BCUT2D eigenvalue weighted by atomic mass is 10.5. The third kappa shape index (κ3) is 7.04. The van der Waals surface area contributed by atoms with Crippen LogP contribution in [0.5, 0.6) is 0 Å². The molecule has 0 radical (unpaired) electrons. The predicted molar refractivity (Wildman–Crippen MR) is 55.2 cm³/mol. The van der Waals surface area contributed by atoms with Crippen LogP contribution in [0.15, 0.2) is 11.5 Å². The average Bonchev–Trinajstić information content (AvgIpc) is 1.97. The van der Waals surface area contributed by atoms with Crippen molar-refractivity contribution in [3.05, 3.63) is 11.5 Å². The number of rotatable bonds is 5. The van der Waals surface area contributed by atoms with E-state index in [2.05, 4.69) is 0 Å². The van der Waals surface area contributed by atoms with Gasteiger partial charge in [0, 0.05) is 0 Å². The molecule has 1 unspecified atom stereocenters. The van der Waals surface area contributed by atoms with E-state index in [1.165, 1.54) is 11.4 Å². The first kappa shape index (κ1) is 11.7. The molecule has 0 spiro atoms. The largest absolute Gasteiger partial charge is 0.337 e. The van der Waals surface area contributed by atoms with Gasteiger partial charge in [0.25, 0.3) is 0 Å². The summed E-state index contributed by atoms with van der Waals surface area (Å²) in [5.41, 5.74) is -2.56. The van der Waals surface area contributed by atoms with E-state index in [4.69, 9.17) is 16.3 Å². The van der Waals surface area contributed by atoms with Gasteiger partial charge in [-0.2, -0.15) is 0 Å². The van der Waals surface area contributed by atoms with Gasteiger partial charge >= 0.3 is 0 Å². The fourth-order valence-corrected chi connectivity index (χ4v) is 3.03. The zero-order valence-corrected chi connectivity index (χ0v) is 9.22. The molecule has 11 heavy (non-hydrogen) atoms. The predicted octanol–water partition coefficient (Wildman–Crippen LogP) is 2.90. The first-order valence-electron chi connectivity index (χ1n) is 3.39. The van der Waals surface area contributed by atoms with Gasteiger partial charge in [-0.05, 0) is 41.9 Å². The molecule has 0 aromatic carbocycles. The smallest absolute Gasteiger partial charge is 0.248 e. The quantitative estimate of drug-likeness (QED) is 0.709. The van der Waals surface area contributed by atoms with E-state index >= 15 is 0 Å². The summed E-state index contributed by atoms with van der Waals surface area (Å²) in [6.45, 7) is 4.40. The summed E-state index contributed by atoms with van der Waals surface area (Å²) in [7, 11) is 0. The highest BCUT2D eigenvalue weighted by Gasteiger charge is 2.10. The molecule has 0 amide bonds. The minimum Gasteiger partial charge on any atom is -0.337 e. The highest BCUT2D eigenvalue weighted by Crippen LogP contribution is 2.56. The molecule has 0 aromatic heterocycles. The van der Waals surface area contributed by atoms with Gasteiger partial charge in [-0.25, -0.2) is 0 Å². The van der Waals surface area contributed by atoms with E-state index in [0.717, 1.165) is 6.42 Å². The Morgan fingerprint density at radius 2 is 2.36 bits per heavy atom. The van der Waals surface area contributed by atoms with Gasteiger partial charge < -0.3 is 9.42 Å². The molecular formula is C6H13O2PS2. The van der Waals surface area contributed by atoms with Gasteiger partial charge in [0.05, 0.1) is 6.61 Å². The lowest BCUT2D eigenvalue weighted by Gasteiger charge is -2.11. The first-order chi connectivity index (χ1) is 5.12. The summed E-state index contributed by atoms with van der Waals surface area (Å²) in [5.74, 6) is 0. The van der Waals surface area contributed by atoms with Crippen LogP contribution in [0.4, 0.5) is 0 Å². The van der Waals surface area contributed by atoms with Crippen LogP contribution in [0, 0.1) is 0 Å². The van der Waals surface area contributed by atoms with Gasteiger partial charge in [0.1, 0.15) is 0 Å². The molecule has 0 heterocycles. The van der Waals surface area contributed by atoms with E-state index in [9.17, 15) is 4.89 Å². The van der Waals surface area contributed by atoms with Gasteiger partial charge in [0.15, 0.2) is 0 Å². The first-order valence-corrected chi connectivity index (χ1v) is 7.55. The summed E-state index contributed by atoms with van der Waals surface area (Å²) >= 11 is 6.03. The van der Waals surface area contributed by atoms with Crippen molar-refractivity contribution in [2.24, 2.45) is 0 Å². The Labute approximate surface area is 76.9 Å². The molecule has 0 rings (SSSR count). The molecule has 1 atom stereocenters. The Morgan fingerprint density at radius 1 is 1.73 bits per heavy atom. The van der Waals surface area contributed by atoms with Crippen LogP contribution in [0.2, 0.25) is 0 Å². The molecule has 66 valence electrons. The average molecular weight is 212 g/mol. The second-order valence-corrected chi connectivity index (χ2v) is 7.85. The van der Waals surface area contributed by atoms with Crippen molar-refractivity contribution in [1.82, 2.24) is 0 Å². The summed E-state index contributed by atoms with van der Waals surface area (Å²) in [4.78, 5) is 9.39. The maximum atomic E-state index is 9.39. The van der Waals surface area contributed by atoms with Crippen LogP contribution in [0.25, 0.3) is 0 Å². The zero-order valence-electron chi connectivity index (χ0n) is 6.69. The van der Waals surface area contributed by atoms with E-state index in [1.807, 2.05) is 19.9 Å². The Morgan fingerprint density at radius 3 is 2.82 bits per heavy atom. The van der Waals surface area contributed by atoms with Crippen LogP contribution < -0.4 is 0 Å². The highest BCUT2D eigenvalue weighted by molar-refractivity contribution is 8.68. The molecule has 0 aliphatic heterocycles. The van der Waals surface area contributed by atoms with Crippen molar-refractivity contribution >= 4 is 28.9 Å². The number of allylic oxidation sites excluding steroid dienone is 1. The lowest BCUT2D eigenvalue weighted by molar-refractivity contribution is 0.320. The van der Waals surface area contributed by atoms with Crippen LogP contribution in [0.1, 0.15) is 20.3 Å². The zero-order chi connectivity index (χ0) is 8.74. The lowest BCUT2D eigenvalue weighted by Crippen LogP contribution is -1.86. The van der Waals surface area contributed by atoms with Crippen LogP contribution in [0.3, 0.4) is 0 Å². The van der Waals surface area contributed by atoms with Gasteiger partial charge in [0.2, 0.25) is 5.69 Å². The van der Waals surface area contributed by atoms with Gasteiger partial charge in [-0.15, -0.1) is 0 Å². The molecule has 0 aromatic rings. The van der Waals surface area contributed by atoms with E-state index < -0.39 is 5.69 Å². The second kappa shape index (κ2) is 6.21. The molecular weight excluding hydrogens is 199 g/mol. The van der Waals surface area contributed by atoms with Gasteiger partial charge in [-0.3, -0.25) is 0 Å². The van der Waals surface area contributed by atoms with Crippen molar-refractivity contribution in [3.63, 3.8) is 0 Å². The second-order valence-electron chi connectivity index (χ2n) is 1.88. The molecule has 0 bridgehead atoms. The van der Waals surface area contributed by atoms with E-state index in [1.54, 1.807) is 5.41 Å². The Hall–Kier alpha value is 0.660. The minimum absolute atomic E-state index is 0.540. The maximum Gasteiger partial charge on any atom is 0.248 e. The minimum atomic E-state index is -2.56. The van der Waals surface area contributed by atoms with E-state index in [0.29, 0.717) is 6.61 Å². The van der Waals surface area contributed by atoms with Crippen LogP contribution in [-0.2, 0) is 16.3 Å². The molecule has 0 saturated heterocycles. The normalized spacial score (nSPS) is 17.0. The summed E-state index contributed by atoms with van der Waals surface area (Å²) in [6.07, 6.45) is 2.71.